The third-order valence-corrected chi connectivity index (χ3v) is 7.51. The number of nitrogen functional groups attached to an aromatic ring is 1. The zero-order chi connectivity index (χ0) is 23.7. The fourth-order valence-corrected chi connectivity index (χ4v) is 5.30. The highest BCUT2D eigenvalue weighted by Crippen LogP contribution is 2.37. The number of piperazine rings is 1. The van der Waals surface area contributed by atoms with Gasteiger partial charge >= 0.3 is 0 Å². The lowest BCUT2D eigenvalue weighted by atomic mass is 10.0. The van der Waals surface area contributed by atoms with Gasteiger partial charge in [-0.15, -0.1) is 0 Å². The molecule has 34 heavy (non-hydrogen) atoms. The normalized spacial score (nSPS) is 18.2. The highest BCUT2D eigenvalue weighted by atomic mass is 32.1. The SMILES string of the molecule is Cc1ccc(C(=O)Nc2ccc3c(c2)CCC3N2CCN(C)CC2)cc1C#Cc1cnc(N)s1. The number of anilines is 2. The summed E-state index contributed by atoms with van der Waals surface area (Å²) in [4.78, 5) is 22.8. The quantitative estimate of drug-likeness (QED) is 0.567. The van der Waals surface area contributed by atoms with E-state index in [-0.39, 0.29) is 5.91 Å². The molecule has 1 aromatic heterocycles. The monoisotopic (exact) mass is 471 g/mol. The molecule has 0 bridgehead atoms. The van der Waals surface area contributed by atoms with E-state index in [2.05, 4.69) is 51.1 Å². The Labute approximate surface area is 204 Å². The van der Waals surface area contributed by atoms with Gasteiger partial charge in [0.25, 0.3) is 5.91 Å². The van der Waals surface area contributed by atoms with Gasteiger partial charge in [0.2, 0.25) is 0 Å². The third-order valence-electron chi connectivity index (χ3n) is 6.77. The second-order valence-electron chi connectivity index (χ2n) is 9.10. The summed E-state index contributed by atoms with van der Waals surface area (Å²) in [5.74, 6) is 6.11. The van der Waals surface area contributed by atoms with E-state index in [9.17, 15) is 4.79 Å². The van der Waals surface area contributed by atoms with Crippen LogP contribution >= 0.6 is 11.3 Å². The van der Waals surface area contributed by atoms with Crippen LogP contribution in [0.1, 0.15) is 50.0 Å². The Kier molecular flexibility index (Phi) is 6.38. The van der Waals surface area contributed by atoms with E-state index in [4.69, 9.17) is 5.73 Å². The van der Waals surface area contributed by atoms with Crippen LogP contribution in [0.15, 0.2) is 42.6 Å². The number of aryl methyl sites for hydroxylation is 2. The Hall–Kier alpha value is -3.18. The van der Waals surface area contributed by atoms with Crippen molar-refractivity contribution in [2.45, 2.75) is 25.8 Å². The number of benzene rings is 2. The van der Waals surface area contributed by atoms with Crippen molar-refractivity contribution in [2.24, 2.45) is 0 Å². The number of nitrogens with zero attached hydrogens (tertiary/aromatic N) is 3. The molecule has 1 fully saturated rings. The Morgan fingerprint density at radius 2 is 1.97 bits per heavy atom. The lowest BCUT2D eigenvalue weighted by molar-refractivity contribution is 0.102. The summed E-state index contributed by atoms with van der Waals surface area (Å²) in [6.07, 6.45) is 3.88. The molecule has 2 aliphatic rings. The Bertz CT molecular complexity index is 1280. The van der Waals surface area contributed by atoms with Gasteiger partial charge in [0.15, 0.2) is 5.13 Å². The summed E-state index contributed by atoms with van der Waals surface area (Å²) in [5.41, 5.74) is 11.7. The van der Waals surface area contributed by atoms with Crippen LogP contribution in [0.4, 0.5) is 10.8 Å². The summed E-state index contributed by atoms with van der Waals surface area (Å²) in [6, 6.07) is 12.5. The van der Waals surface area contributed by atoms with E-state index in [0.717, 1.165) is 60.7 Å². The summed E-state index contributed by atoms with van der Waals surface area (Å²) < 4.78 is 0. The first-order valence-electron chi connectivity index (χ1n) is 11.7. The molecule has 1 amide bonds. The first-order chi connectivity index (χ1) is 16.5. The Balaban J connectivity index is 1.29. The van der Waals surface area contributed by atoms with Crippen molar-refractivity contribution in [3.8, 4) is 11.8 Å². The summed E-state index contributed by atoms with van der Waals surface area (Å²) in [5, 5.41) is 3.58. The van der Waals surface area contributed by atoms with E-state index in [1.54, 1.807) is 6.20 Å². The third kappa shape index (κ3) is 4.85. The maximum Gasteiger partial charge on any atom is 0.255 e. The molecule has 3 aromatic rings. The zero-order valence-corrected chi connectivity index (χ0v) is 20.4. The van der Waals surface area contributed by atoms with E-state index >= 15 is 0 Å². The van der Waals surface area contributed by atoms with Gasteiger partial charge in [-0.05, 0) is 73.7 Å². The number of nitrogens with two attached hydrogens (primary N) is 1. The Morgan fingerprint density at radius 1 is 1.15 bits per heavy atom. The average Bonchev–Trinajstić information content (AvgIpc) is 3.44. The lowest BCUT2D eigenvalue weighted by Gasteiger charge is -2.36. The number of hydrogen-bond donors (Lipinski definition) is 2. The number of carbonyl (C=O) groups is 1. The number of amides is 1. The van der Waals surface area contributed by atoms with E-state index in [1.165, 1.54) is 22.5 Å². The average molecular weight is 472 g/mol. The van der Waals surface area contributed by atoms with Crippen LogP contribution in [0.3, 0.4) is 0 Å². The molecule has 1 aliphatic carbocycles. The van der Waals surface area contributed by atoms with Gasteiger partial charge < -0.3 is 16.0 Å². The maximum atomic E-state index is 13.0. The lowest BCUT2D eigenvalue weighted by Crippen LogP contribution is -2.45. The smallest absolute Gasteiger partial charge is 0.255 e. The number of aromatic nitrogens is 1. The molecule has 0 spiro atoms. The van der Waals surface area contributed by atoms with Crippen molar-refractivity contribution in [3.63, 3.8) is 0 Å². The number of fused-ring (bicyclic) bond motifs is 1. The number of thiazole rings is 1. The van der Waals surface area contributed by atoms with Gasteiger partial charge in [0.1, 0.15) is 0 Å². The second-order valence-corrected chi connectivity index (χ2v) is 10.2. The largest absolute Gasteiger partial charge is 0.375 e. The van der Waals surface area contributed by atoms with E-state index in [0.29, 0.717) is 16.7 Å². The number of nitrogens with one attached hydrogen (secondary N) is 1. The number of likely N-dealkylation sites (N-methyl/N-ethyl adjacent to an activating group) is 1. The zero-order valence-electron chi connectivity index (χ0n) is 19.6. The molecule has 6 nitrogen and oxygen atoms in total. The van der Waals surface area contributed by atoms with Crippen molar-refractivity contribution in [1.29, 1.82) is 0 Å². The second kappa shape index (κ2) is 9.59. The molecular weight excluding hydrogens is 442 g/mol. The van der Waals surface area contributed by atoms with Crippen LogP contribution in [0, 0.1) is 18.8 Å². The minimum absolute atomic E-state index is 0.126. The molecule has 174 valence electrons. The van der Waals surface area contributed by atoms with Crippen LogP contribution in [0.25, 0.3) is 0 Å². The van der Waals surface area contributed by atoms with Gasteiger partial charge in [-0.3, -0.25) is 9.69 Å². The molecule has 1 aliphatic heterocycles. The van der Waals surface area contributed by atoms with Crippen molar-refractivity contribution >= 4 is 28.1 Å². The van der Waals surface area contributed by atoms with E-state index < -0.39 is 0 Å². The van der Waals surface area contributed by atoms with Crippen LogP contribution in [0.2, 0.25) is 0 Å². The van der Waals surface area contributed by atoms with Gasteiger partial charge in [-0.2, -0.15) is 0 Å². The number of hydrogen-bond acceptors (Lipinski definition) is 6. The molecule has 2 heterocycles. The van der Waals surface area contributed by atoms with Crippen LogP contribution < -0.4 is 11.1 Å². The van der Waals surface area contributed by atoms with E-state index in [1.807, 2.05) is 31.2 Å². The molecule has 1 atom stereocenters. The topological polar surface area (TPSA) is 74.5 Å². The van der Waals surface area contributed by atoms with Crippen molar-refractivity contribution in [1.82, 2.24) is 14.8 Å². The predicted octanol–water partition coefficient (Wildman–Crippen LogP) is 3.92. The van der Waals surface area contributed by atoms with Crippen molar-refractivity contribution in [3.05, 3.63) is 75.3 Å². The summed E-state index contributed by atoms with van der Waals surface area (Å²) in [6.45, 7) is 6.48. The Morgan fingerprint density at radius 3 is 2.74 bits per heavy atom. The van der Waals surface area contributed by atoms with Crippen LogP contribution in [0.5, 0.6) is 0 Å². The fourth-order valence-electron chi connectivity index (χ4n) is 4.76. The molecular formula is C27H29N5OS. The molecule has 7 heteroatoms. The van der Waals surface area contributed by atoms with Gasteiger partial charge in [-0.25, -0.2) is 4.98 Å². The molecule has 5 rings (SSSR count). The molecule has 3 N–H and O–H groups in total. The van der Waals surface area contributed by atoms with Crippen molar-refractivity contribution in [2.75, 3.05) is 44.3 Å². The summed E-state index contributed by atoms with van der Waals surface area (Å²) >= 11 is 1.35. The van der Waals surface area contributed by atoms with Crippen LogP contribution in [-0.4, -0.2) is 53.9 Å². The molecule has 0 radical (unpaired) electrons. The highest BCUT2D eigenvalue weighted by molar-refractivity contribution is 7.15. The number of carbonyl (C=O) groups excluding carboxylic acids is 1. The molecule has 0 saturated carbocycles. The molecule has 2 aromatic carbocycles. The van der Waals surface area contributed by atoms with Gasteiger partial charge in [-0.1, -0.05) is 29.4 Å². The first kappa shape index (κ1) is 22.6. The van der Waals surface area contributed by atoms with Gasteiger partial charge in [0.05, 0.1) is 11.1 Å². The predicted molar refractivity (Wildman–Crippen MR) is 138 cm³/mol. The molecule has 1 unspecified atom stereocenters. The summed E-state index contributed by atoms with van der Waals surface area (Å²) in [7, 11) is 2.19. The first-order valence-corrected chi connectivity index (χ1v) is 12.5. The van der Waals surface area contributed by atoms with Gasteiger partial charge in [0, 0.05) is 49.0 Å². The highest BCUT2D eigenvalue weighted by Gasteiger charge is 2.29. The standard InChI is InChI=1S/C27H29N5OS/c1-18-3-4-21(15-19(18)5-8-23-17-29-27(28)34-23)26(33)30-22-7-9-24-20(16-22)6-10-25(24)32-13-11-31(2)12-14-32/h3-4,7,9,15-17,25H,6,10-14H2,1-2H3,(H2,28,29)(H,30,33). The van der Waals surface area contributed by atoms with Crippen molar-refractivity contribution < 1.29 is 4.79 Å². The molecule has 1 saturated heterocycles. The van der Waals surface area contributed by atoms with Crippen LogP contribution in [-0.2, 0) is 6.42 Å². The maximum absolute atomic E-state index is 13.0. The fraction of sp³-hybridized carbons (Fsp3) is 0.333. The minimum atomic E-state index is -0.126. The number of rotatable bonds is 3. The minimum Gasteiger partial charge on any atom is -0.375 e.